The van der Waals surface area contributed by atoms with Gasteiger partial charge >= 0.3 is 0 Å². The zero-order valence-electron chi connectivity index (χ0n) is 5.09. The highest BCUT2D eigenvalue weighted by Gasteiger charge is 2.25. The molecule has 0 saturated carbocycles. The smallest absolute Gasteiger partial charge is 0.122 e. The fraction of sp³-hybridized carbons (Fsp3) is 1.00. The zero-order valence-corrected chi connectivity index (χ0v) is 8.87. The maximum absolute atomic E-state index is 5.74. The van der Waals surface area contributed by atoms with Gasteiger partial charge in [-0.1, -0.05) is 0 Å². The molecule has 0 unspecified atom stereocenters. The maximum Gasteiger partial charge on any atom is 0.122 e. The van der Waals surface area contributed by atoms with Crippen molar-refractivity contribution >= 4 is 58.0 Å². The highest BCUT2D eigenvalue weighted by Crippen LogP contribution is 2.33. The first kappa shape index (κ1) is 11.4. The average Bonchev–Trinajstić information content (AvgIpc) is 1.59. The van der Waals surface area contributed by atoms with Gasteiger partial charge in [0.05, 0.1) is 0 Å². The number of alkyl halides is 5. The minimum Gasteiger partial charge on any atom is -0.127 e. The predicted molar refractivity (Wildman–Crippen MR) is 49.9 cm³/mol. The van der Waals surface area contributed by atoms with Crippen molar-refractivity contribution in [3.63, 3.8) is 0 Å². The first-order valence-corrected chi connectivity index (χ1v) is 4.86. The fourth-order valence-electron chi connectivity index (χ4n) is 0.466. The molecule has 0 aliphatic rings. The van der Waals surface area contributed by atoms with Gasteiger partial charge in [-0.05, 0) is 6.42 Å². The van der Waals surface area contributed by atoms with E-state index >= 15 is 0 Å². The SMILES string of the molecule is ClCCC(Cl)(Cl)CC(Cl)Cl. The standard InChI is InChI=1S/C5H7Cl5/c6-2-1-5(9,10)3-4(7)8/h4H,1-3H2. The first-order chi connectivity index (χ1) is 4.48. The Balaban J connectivity index is 3.63. The summed E-state index contributed by atoms with van der Waals surface area (Å²) in [5.41, 5.74) is 0. The van der Waals surface area contributed by atoms with Crippen molar-refractivity contribution in [1.29, 1.82) is 0 Å². The molecule has 0 amide bonds. The molecule has 0 atom stereocenters. The molecule has 0 heterocycles. The zero-order chi connectivity index (χ0) is 8.20. The Morgan fingerprint density at radius 2 is 1.70 bits per heavy atom. The lowest BCUT2D eigenvalue weighted by Crippen LogP contribution is -2.16. The minimum atomic E-state index is -0.879. The number of hydrogen-bond acceptors (Lipinski definition) is 0. The Morgan fingerprint density at radius 3 is 2.00 bits per heavy atom. The molecule has 0 aromatic carbocycles. The van der Waals surface area contributed by atoms with Crippen LogP contribution in [0.15, 0.2) is 0 Å². The van der Waals surface area contributed by atoms with E-state index in [4.69, 9.17) is 58.0 Å². The highest BCUT2D eigenvalue weighted by atomic mass is 35.5. The van der Waals surface area contributed by atoms with Gasteiger partial charge in [0.1, 0.15) is 9.17 Å². The van der Waals surface area contributed by atoms with Gasteiger partial charge in [0, 0.05) is 12.3 Å². The normalized spacial score (nSPS) is 12.6. The minimum absolute atomic E-state index is 0.339. The van der Waals surface area contributed by atoms with E-state index in [1.165, 1.54) is 0 Å². The van der Waals surface area contributed by atoms with Crippen molar-refractivity contribution in [2.75, 3.05) is 5.88 Å². The molecule has 10 heavy (non-hydrogen) atoms. The summed E-state index contributed by atoms with van der Waals surface area (Å²) >= 11 is 27.8. The lowest BCUT2D eigenvalue weighted by molar-refractivity contribution is 0.706. The van der Waals surface area contributed by atoms with E-state index in [0.717, 1.165) is 0 Å². The lowest BCUT2D eigenvalue weighted by atomic mass is 10.2. The van der Waals surface area contributed by atoms with Gasteiger partial charge in [0.2, 0.25) is 0 Å². The summed E-state index contributed by atoms with van der Waals surface area (Å²) in [5, 5.41) is 0. The van der Waals surface area contributed by atoms with Gasteiger partial charge in [-0.15, -0.1) is 58.0 Å². The van der Waals surface area contributed by atoms with E-state index in [0.29, 0.717) is 18.7 Å². The van der Waals surface area contributed by atoms with E-state index in [1.807, 2.05) is 0 Å². The third kappa shape index (κ3) is 6.18. The summed E-state index contributed by atoms with van der Waals surface area (Å²) in [6, 6.07) is 0. The summed E-state index contributed by atoms with van der Waals surface area (Å²) in [4.78, 5) is -0.529. The van der Waals surface area contributed by atoms with Crippen molar-refractivity contribution in [1.82, 2.24) is 0 Å². The average molecular weight is 244 g/mol. The van der Waals surface area contributed by atoms with Crippen LogP contribution in [-0.2, 0) is 0 Å². The summed E-state index contributed by atoms with van der Waals surface area (Å²) in [6.45, 7) is 0. The Kier molecular flexibility index (Phi) is 5.91. The molecule has 0 nitrogen and oxygen atoms in total. The van der Waals surface area contributed by atoms with Gasteiger partial charge in [0.25, 0.3) is 0 Å². The largest absolute Gasteiger partial charge is 0.127 e. The van der Waals surface area contributed by atoms with Gasteiger partial charge in [-0.2, -0.15) is 0 Å². The van der Waals surface area contributed by atoms with Crippen LogP contribution in [0.2, 0.25) is 0 Å². The van der Waals surface area contributed by atoms with E-state index < -0.39 is 9.17 Å². The van der Waals surface area contributed by atoms with Crippen molar-refractivity contribution in [3.05, 3.63) is 0 Å². The summed E-state index contributed by atoms with van der Waals surface area (Å²) in [6.07, 6.45) is 0.833. The van der Waals surface area contributed by atoms with Crippen LogP contribution in [0, 0.1) is 0 Å². The topological polar surface area (TPSA) is 0 Å². The fourth-order valence-corrected chi connectivity index (χ4v) is 2.32. The number of rotatable bonds is 4. The van der Waals surface area contributed by atoms with Crippen LogP contribution in [0.5, 0.6) is 0 Å². The molecule has 0 spiro atoms. The quantitative estimate of drug-likeness (QED) is 0.656. The Hall–Kier alpha value is 1.45. The van der Waals surface area contributed by atoms with Crippen molar-refractivity contribution in [2.45, 2.75) is 22.0 Å². The van der Waals surface area contributed by atoms with Gasteiger partial charge in [0.15, 0.2) is 0 Å². The molecule has 0 rings (SSSR count). The summed E-state index contributed by atoms with van der Waals surface area (Å²) in [5.74, 6) is 0.410. The van der Waals surface area contributed by atoms with Crippen LogP contribution in [-0.4, -0.2) is 15.0 Å². The Labute approximate surface area is 85.7 Å². The van der Waals surface area contributed by atoms with Crippen molar-refractivity contribution in [2.24, 2.45) is 0 Å². The molecule has 0 saturated heterocycles. The summed E-state index contributed by atoms with van der Waals surface area (Å²) < 4.78 is -0.879. The molecule has 0 N–H and O–H groups in total. The van der Waals surface area contributed by atoms with Crippen LogP contribution in [0.25, 0.3) is 0 Å². The molecule has 0 fully saturated rings. The van der Waals surface area contributed by atoms with E-state index in [2.05, 4.69) is 0 Å². The molecule has 0 bridgehead atoms. The van der Waals surface area contributed by atoms with E-state index in [-0.39, 0.29) is 0 Å². The lowest BCUT2D eigenvalue weighted by Gasteiger charge is -2.17. The molecule has 0 aliphatic carbocycles. The van der Waals surface area contributed by atoms with Crippen LogP contribution in [0.1, 0.15) is 12.8 Å². The van der Waals surface area contributed by atoms with E-state index in [9.17, 15) is 0 Å². The number of hydrogen-bond donors (Lipinski definition) is 0. The van der Waals surface area contributed by atoms with Crippen LogP contribution in [0.4, 0.5) is 0 Å². The third-order valence-corrected chi connectivity index (χ3v) is 2.10. The molecule has 62 valence electrons. The van der Waals surface area contributed by atoms with Crippen LogP contribution in [0.3, 0.4) is 0 Å². The molecular formula is C5H7Cl5. The molecule has 0 aliphatic heterocycles. The van der Waals surface area contributed by atoms with Gasteiger partial charge in [-0.25, -0.2) is 0 Å². The second kappa shape index (κ2) is 5.16. The molecule has 5 heteroatoms. The first-order valence-electron chi connectivity index (χ1n) is 2.70. The Morgan fingerprint density at radius 1 is 1.20 bits per heavy atom. The Bertz CT molecular complexity index is 90.0. The van der Waals surface area contributed by atoms with E-state index in [1.54, 1.807) is 0 Å². The molecule has 0 radical (unpaired) electrons. The van der Waals surface area contributed by atoms with Crippen LogP contribution < -0.4 is 0 Å². The number of halogens is 5. The highest BCUT2D eigenvalue weighted by molar-refractivity contribution is 6.50. The second-order valence-electron chi connectivity index (χ2n) is 1.89. The van der Waals surface area contributed by atoms with Crippen molar-refractivity contribution in [3.8, 4) is 0 Å². The van der Waals surface area contributed by atoms with Gasteiger partial charge < -0.3 is 0 Å². The maximum atomic E-state index is 5.74. The molecule has 0 aromatic rings. The second-order valence-corrected chi connectivity index (χ2v) is 5.19. The molecule has 0 aromatic heterocycles. The molecular weight excluding hydrogens is 237 g/mol. The monoisotopic (exact) mass is 242 g/mol. The summed E-state index contributed by atoms with van der Waals surface area (Å²) in [7, 11) is 0. The van der Waals surface area contributed by atoms with Crippen molar-refractivity contribution < 1.29 is 0 Å². The third-order valence-electron chi connectivity index (χ3n) is 0.913. The predicted octanol–water partition coefficient (Wildman–Crippen LogP) is 3.98. The van der Waals surface area contributed by atoms with Crippen LogP contribution >= 0.6 is 58.0 Å². The van der Waals surface area contributed by atoms with Gasteiger partial charge in [-0.3, -0.25) is 0 Å².